The van der Waals surface area contributed by atoms with Crippen molar-refractivity contribution in [1.82, 2.24) is 10.3 Å². The molecule has 2 heterocycles. The predicted octanol–water partition coefficient (Wildman–Crippen LogP) is 4.42. The molecule has 2 aromatic carbocycles. The van der Waals surface area contributed by atoms with Gasteiger partial charge in [0.05, 0.1) is 5.52 Å². The Balaban J connectivity index is 1.37. The molecule has 1 aliphatic rings. The van der Waals surface area contributed by atoms with Crippen LogP contribution in [0.3, 0.4) is 0 Å². The zero-order valence-electron chi connectivity index (χ0n) is 18.2. The molecule has 1 saturated heterocycles. The second-order valence-corrected chi connectivity index (χ2v) is 8.01. The predicted molar refractivity (Wildman–Crippen MR) is 122 cm³/mol. The van der Waals surface area contributed by atoms with Crippen molar-refractivity contribution in [3.05, 3.63) is 59.7 Å². The molecule has 0 saturated carbocycles. The number of amides is 1. The van der Waals surface area contributed by atoms with E-state index in [1.54, 1.807) is 0 Å². The third kappa shape index (κ3) is 6.13. The molecule has 33 heavy (non-hydrogen) atoms. The first kappa shape index (κ1) is 22.8. The average Bonchev–Trinajstić information content (AvgIpc) is 2.78. The lowest BCUT2D eigenvalue weighted by Crippen LogP contribution is -2.43. The number of ether oxygens (including phenoxy) is 1. The van der Waals surface area contributed by atoms with Gasteiger partial charge in [-0.25, -0.2) is 4.98 Å². The van der Waals surface area contributed by atoms with Crippen LogP contribution in [-0.2, 0) is 11.2 Å². The van der Waals surface area contributed by atoms with Crippen LogP contribution in [0.15, 0.2) is 48.5 Å². The molecule has 6 nitrogen and oxygen atoms in total. The fraction of sp³-hybridized carbons (Fsp3) is 0.333. The number of alkyl halides is 3. The van der Waals surface area contributed by atoms with E-state index in [1.165, 1.54) is 24.3 Å². The fourth-order valence-corrected chi connectivity index (χ4v) is 3.85. The maximum absolute atomic E-state index is 12.4. The van der Waals surface area contributed by atoms with Crippen LogP contribution in [0.1, 0.15) is 17.5 Å². The van der Waals surface area contributed by atoms with E-state index in [-0.39, 0.29) is 18.1 Å². The molecule has 0 spiro atoms. The molecule has 174 valence electrons. The van der Waals surface area contributed by atoms with Crippen LogP contribution in [0, 0.1) is 6.92 Å². The van der Waals surface area contributed by atoms with Gasteiger partial charge in [-0.05, 0) is 60.9 Å². The first-order chi connectivity index (χ1) is 15.8. The topological polar surface area (TPSA) is 66.5 Å². The standard InChI is InChI=1S/C24H25F3N4O2/c1-16-14-22(31-12-10-28-11-13-31)30-21-8-5-18(15-20(16)21)29-23(32)9-4-17-2-6-19(7-3-17)33-24(25,26)27/h2-3,5-8,14-15,28H,4,9-13H2,1H3,(H,29,32). The second-order valence-electron chi connectivity index (χ2n) is 8.01. The Labute approximate surface area is 189 Å². The van der Waals surface area contributed by atoms with Crippen LogP contribution in [0.25, 0.3) is 10.9 Å². The first-order valence-electron chi connectivity index (χ1n) is 10.8. The van der Waals surface area contributed by atoms with Crippen molar-refractivity contribution in [2.24, 2.45) is 0 Å². The number of carbonyl (C=O) groups excluding carboxylic acids is 1. The highest BCUT2D eigenvalue weighted by molar-refractivity contribution is 5.94. The summed E-state index contributed by atoms with van der Waals surface area (Å²) < 4.78 is 40.6. The van der Waals surface area contributed by atoms with E-state index in [0.717, 1.165) is 54.0 Å². The molecule has 1 aromatic heterocycles. The van der Waals surface area contributed by atoms with E-state index in [4.69, 9.17) is 4.98 Å². The van der Waals surface area contributed by atoms with Crippen molar-refractivity contribution in [2.75, 3.05) is 36.4 Å². The molecule has 2 N–H and O–H groups in total. The van der Waals surface area contributed by atoms with Crippen molar-refractivity contribution < 1.29 is 22.7 Å². The molecule has 0 radical (unpaired) electrons. The number of aromatic nitrogens is 1. The van der Waals surface area contributed by atoms with E-state index in [9.17, 15) is 18.0 Å². The average molecular weight is 458 g/mol. The number of aryl methyl sites for hydroxylation is 2. The summed E-state index contributed by atoms with van der Waals surface area (Å²) in [5.41, 5.74) is 3.40. The maximum atomic E-state index is 12.4. The first-order valence-corrected chi connectivity index (χ1v) is 10.8. The lowest BCUT2D eigenvalue weighted by Gasteiger charge is -2.29. The van der Waals surface area contributed by atoms with E-state index in [2.05, 4.69) is 26.3 Å². The number of carbonyl (C=O) groups is 1. The van der Waals surface area contributed by atoms with E-state index in [1.807, 2.05) is 25.1 Å². The van der Waals surface area contributed by atoms with Crippen molar-refractivity contribution in [3.63, 3.8) is 0 Å². The summed E-state index contributed by atoms with van der Waals surface area (Å²) >= 11 is 0. The summed E-state index contributed by atoms with van der Waals surface area (Å²) in [6.07, 6.45) is -4.11. The highest BCUT2D eigenvalue weighted by Crippen LogP contribution is 2.26. The van der Waals surface area contributed by atoms with Gasteiger partial charge in [-0.2, -0.15) is 0 Å². The van der Waals surface area contributed by atoms with Gasteiger partial charge in [-0.1, -0.05) is 12.1 Å². The molecule has 0 bridgehead atoms. The molecule has 4 rings (SSSR count). The highest BCUT2D eigenvalue weighted by atomic mass is 19.4. The smallest absolute Gasteiger partial charge is 0.406 e. The summed E-state index contributed by atoms with van der Waals surface area (Å²) in [5, 5.41) is 7.21. The number of anilines is 2. The molecule has 0 aliphatic carbocycles. The van der Waals surface area contributed by atoms with Gasteiger partial charge in [-0.15, -0.1) is 13.2 Å². The number of pyridine rings is 1. The second kappa shape index (κ2) is 9.66. The van der Waals surface area contributed by atoms with Gasteiger partial charge >= 0.3 is 6.36 Å². The Bertz CT molecular complexity index is 1130. The molecule has 3 aromatic rings. The number of nitrogens with zero attached hydrogens (tertiary/aromatic N) is 2. The Morgan fingerprint density at radius 3 is 2.55 bits per heavy atom. The van der Waals surface area contributed by atoms with Gasteiger partial charge in [0.15, 0.2) is 0 Å². The van der Waals surface area contributed by atoms with Gasteiger partial charge in [0.1, 0.15) is 11.6 Å². The van der Waals surface area contributed by atoms with Crippen LogP contribution < -0.4 is 20.3 Å². The minimum Gasteiger partial charge on any atom is -0.406 e. The zero-order chi connectivity index (χ0) is 23.4. The highest BCUT2D eigenvalue weighted by Gasteiger charge is 2.30. The normalized spacial score (nSPS) is 14.4. The molecule has 0 atom stereocenters. The Morgan fingerprint density at radius 1 is 1.12 bits per heavy atom. The van der Waals surface area contributed by atoms with Gasteiger partial charge < -0.3 is 20.3 Å². The number of halogens is 3. The summed E-state index contributed by atoms with van der Waals surface area (Å²) in [5.74, 6) is 0.508. The SMILES string of the molecule is Cc1cc(N2CCNCC2)nc2ccc(NC(=O)CCc3ccc(OC(F)(F)F)cc3)cc12. The summed E-state index contributed by atoms with van der Waals surface area (Å²) in [6.45, 7) is 5.76. The van der Waals surface area contributed by atoms with Crippen molar-refractivity contribution in [2.45, 2.75) is 26.1 Å². The maximum Gasteiger partial charge on any atom is 0.573 e. The third-order valence-corrected chi connectivity index (χ3v) is 5.52. The minimum atomic E-state index is -4.72. The van der Waals surface area contributed by atoms with E-state index < -0.39 is 6.36 Å². The number of fused-ring (bicyclic) bond motifs is 1. The number of piperazine rings is 1. The Kier molecular flexibility index (Phi) is 6.69. The molecular formula is C24H25F3N4O2. The lowest BCUT2D eigenvalue weighted by atomic mass is 10.1. The lowest BCUT2D eigenvalue weighted by molar-refractivity contribution is -0.274. The van der Waals surface area contributed by atoms with Gasteiger partial charge in [0.25, 0.3) is 0 Å². The molecule has 1 amide bonds. The van der Waals surface area contributed by atoms with Crippen LogP contribution >= 0.6 is 0 Å². The van der Waals surface area contributed by atoms with Crippen LogP contribution in [0.2, 0.25) is 0 Å². The van der Waals surface area contributed by atoms with Crippen molar-refractivity contribution in [3.8, 4) is 5.75 Å². The number of nitrogens with one attached hydrogen (secondary N) is 2. The third-order valence-electron chi connectivity index (χ3n) is 5.52. The Hall–Kier alpha value is -3.33. The molecule has 1 fully saturated rings. The van der Waals surface area contributed by atoms with E-state index in [0.29, 0.717) is 12.1 Å². The zero-order valence-corrected chi connectivity index (χ0v) is 18.2. The molecule has 1 aliphatic heterocycles. The Morgan fingerprint density at radius 2 is 1.85 bits per heavy atom. The van der Waals surface area contributed by atoms with Crippen molar-refractivity contribution >= 4 is 28.3 Å². The largest absolute Gasteiger partial charge is 0.573 e. The van der Waals surface area contributed by atoms with Crippen molar-refractivity contribution in [1.29, 1.82) is 0 Å². The minimum absolute atomic E-state index is 0.173. The van der Waals surface area contributed by atoms with Crippen LogP contribution in [0.4, 0.5) is 24.7 Å². The van der Waals surface area contributed by atoms with Gasteiger partial charge in [0.2, 0.25) is 5.91 Å². The van der Waals surface area contributed by atoms with E-state index >= 15 is 0 Å². The summed E-state index contributed by atoms with van der Waals surface area (Å²) in [4.78, 5) is 19.5. The summed E-state index contributed by atoms with van der Waals surface area (Å²) in [7, 11) is 0. The molecule has 9 heteroatoms. The number of rotatable bonds is 6. The van der Waals surface area contributed by atoms with Gasteiger partial charge in [0, 0.05) is 43.7 Å². The number of hydrogen-bond acceptors (Lipinski definition) is 5. The summed E-state index contributed by atoms with van der Waals surface area (Å²) in [6, 6.07) is 13.3. The molecular weight excluding hydrogens is 433 g/mol. The van der Waals surface area contributed by atoms with Crippen LogP contribution in [0.5, 0.6) is 5.75 Å². The van der Waals surface area contributed by atoms with Gasteiger partial charge in [-0.3, -0.25) is 4.79 Å². The number of hydrogen-bond donors (Lipinski definition) is 2. The quantitative estimate of drug-likeness (QED) is 0.573. The monoisotopic (exact) mass is 458 g/mol. The number of benzene rings is 2. The molecule has 0 unspecified atom stereocenters. The fourth-order valence-electron chi connectivity index (χ4n) is 3.85. The van der Waals surface area contributed by atoms with Crippen LogP contribution in [-0.4, -0.2) is 43.4 Å².